The Balaban J connectivity index is 2.28. The highest BCUT2D eigenvalue weighted by atomic mass is 35.5. The number of allylic oxidation sites excluding steroid dienone is 1. The van der Waals surface area contributed by atoms with Gasteiger partial charge < -0.3 is 10.1 Å². The summed E-state index contributed by atoms with van der Waals surface area (Å²) < 4.78 is 7.08. The van der Waals surface area contributed by atoms with E-state index < -0.39 is 0 Å². The molecule has 2 nitrogen and oxygen atoms in total. The molecule has 88 valence electrons. The lowest BCUT2D eigenvalue weighted by Crippen LogP contribution is -2.21. The van der Waals surface area contributed by atoms with Gasteiger partial charge in [0.15, 0.2) is 0 Å². The zero-order valence-corrected chi connectivity index (χ0v) is 11.3. The van der Waals surface area contributed by atoms with E-state index in [4.69, 9.17) is 27.9 Å². The maximum Gasteiger partial charge on any atom is 0.114 e. The van der Waals surface area contributed by atoms with Crippen LogP contribution in [0.25, 0.3) is 0 Å². The van der Waals surface area contributed by atoms with Gasteiger partial charge in [0.05, 0.1) is 21.3 Å². The summed E-state index contributed by atoms with van der Waals surface area (Å²) in [4.78, 5) is 0. The molecule has 0 saturated carbocycles. The molecule has 1 unspecified atom stereocenters. The molecule has 0 fully saturated rings. The minimum atomic E-state index is 0.0107. The highest BCUT2D eigenvalue weighted by molar-refractivity contribution is 7.20. The van der Waals surface area contributed by atoms with Crippen LogP contribution in [0.3, 0.4) is 0 Å². The minimum Gasteiger partial charge on any atom is -0.496 e. The number of hydrogen-bond donors (Lipinski definition) is 1. The molecule has 0 saturated heterocycles. The maximum atomic E-state index is 6.15. The van der Waals surface area contributed by atoms with Crippen molar-refractivity contribution in [3.8, 4) is 0 Å². The Hall–Kier alpha value is -0.220. The van der Waals surface area contributed by atoms with Gasteiger partial charge in [0.1, 0.15) is 5.76 Å². The predicted octanol–water partition coefficient (Wildman–Crippen LogP) is 4.01. The van der Waals surface area contributed by atoms with Crippen molar-refractivity contribution in [1.82, 2.24) is 5.32 Å². The maximum absolute atomic E-state index is 6.15. The van der Waals surface area contributed by atoms with E-state index in [2.05, 4.69) is 11.4 Å². The second-order valence-electron chi connectivity index (χ2n) is 3.60. The number of ether oxygens (including phenoxy) is 1. The van der Waals surface area contributed by atoms with E-state index in [9.17, 15) is 0 Å². The average Bonchev–Trinajstić information content (AvgIpc) is 2.61. The zero-order chi connectivity index (χ0) is 11.5. The lowest BCUT2D eigenvalue weighted by atomic mass is 10.1. The molecule has 16 heavy (non-hydrogen) atoms. The Labute approximate surface area is 109 Å². The molecule has 2 rings (SSSR count). The first-order chi connectivity index (χ1) is 7.72. The average molecular weight is 278 g/mol. The first-order valence-electron chi connectivity index (χ1n) is 5.17. The molecule has 1 atom stereocenters. The lowest BCUT2D eigenvalue weighted by molar-refractivity contribution is 0.170. The number of hydrogen-bond acceptors (Lipinski definition) is 3. The Morgan fingerprint density at radius 3 is 2.81 bits per heavy atom. The first kappa shape index (κ1) is 12.2. The molecule has 2 heterocycles. The van der Waals surface area contributed by atoms with Crippen LogP contribution in [0.5, 0.6) is 0 Å². The second-order valence-corrected chi connectivity index (χ2v) is 5.88. The van der Waals surface area contributed by atoms with Gasteiger partial charge in [-0.05, 0) is 32.0 Å². The van der Waals surface area contributed by atoms with Gasteiger partial charge in [-0.2, -0.15) is 0 Å². The Morgan fingerprint density at radius 1 is 1.50 bits per heavy atom. The minimum absolute atomic E-state index is 0.0107. The summed E-state index contributed by atoms with van der Waals surface area (Å²) in [5.74, 6) is 0.949. The highest BCUT2D eigenvalue weighted by Gasteiger charge is 2.22. The van der Waals surface area contributed by atoms with E-state index in [1.165, 1.54) is 11.3 Å². The molecule has 0 radical (unpaired) electrons. The van der Waals surface area contributed by atoms with Crippen molar-refractivity contribution in [3.63, 3.8) is 0 Å². The number of rotatable bonds is 3. The molecular formula is C11H13Cl2NOS. The lowest BCUT2D eigenvalue weighted by Gasteiger charge is -2.23. The summed E-state index contributed by atoms with van der Waals surface area (Å²) in [5, 5.41) is 3.21. The highest BCUT2D eigenvalue weighted by Crippen LogP contribution is 2.38. The molecule has 0 bridgehead atoms. The summed E-state index contributed by atoms with van der Waals surface area (Å²) in [6, 6.07) is 1.91. The van der Waals surface area contributed by atoms with Crippen molar-refractivity contribution in [2.24, 2.45) is 0 Å². The van der Waals surface area contributed by atoms with Crippen LogP contribution in [0.2, 0.25) is 8.67 Å². The van der Waals surface area contributed by atoms with Crippen LogP contribution in [0.15, 0.2) is 17.9 Å². The normalized spacial score (nSPS) is 17.8. The van der Waals surface area contributed by atoms with E-state index in [0.29, 0.717) is 4.34 Å². The van der Waals surface area contributed by atoms with Gasteiger partial charge >= 0.3 is 0 Å². The molecule has 5 heteroatoms. The molecule has 1 N–H and O–H groups in total. The fraction of sp³-hybridized carbons (Fsp3) is 0.455. The van der Waals surface area contributed by atoms with Crippen molar-refractivity contribution in [1.29, 1.82) is 0 Å². The summed E-state index contributed by atoms with van der Waals surface area (Å²) in [7, 11) is 1.89. The Bertz CT molecular complexity index is 403. The third-order valence-corrected chi connectivity index (χ3v) is 4.05. The van der Waals surface area contributed by atoms with E-state index in [0.717, 1.165) is 35.1 Å². The smallest absolute Gasteiger partial charge is 0.114 e. The molecule has 1 aliphatic heterocycles. The van der Waals surface area contributed by atoms with Crippen LogP contribution in [0, 0.1) is 0 Å². The van der Waals surface area contributed by atoms with Crippen molar-refractivity contribution < 1.29 is 4.74 Å². The van der Waals surface area contributed by atoms with Crippen molar-refractivity contribution >= 4 is 34.5 Å². The van der Waals surface area contributed by atoms with Crippen LogP contribution >= 0.6 is 34.5 Å². The van der Waals surface area contributed by atoms with Crippen LogP contribution in [0.1, 0.15) is 24.4 Å². The largest absolute Gasteiger partial charge is 0.496 e. The number of thiophene rings is 1. The van der Waals surface area contributed by atoms with Gasteiger partial charge in [0.2, 0.25) is 0 Å². The van der Waals surface area contributed by atoms with Crippen molar-refractivity contribution in [2.75, 3.05) is 13.7 Å². The van der Waals surface area contributed by atoms with Crippen molar-refractivity contribution in [3.05, 3.63) is 32.1 Å². The number of halogens is 2. The summed E-state index contributed by atoms with van der Waals surface area (Å²) in [6.07, 6.45) is 4.26. The third kappa shape index (κ3) is 2.54. The molecule has 1 aliphatic rings. The monoisotopic (exact) mass is 277 g/mol. The molecule has 0 amide bonds. The van der Waals surface area contributed by atoms with Crippen molar-refractivity contribution in [2.45, 2.75) is 18.9 Å². The molecule has 0 aromatic carbocycles. The van der Waals surface area contributed by atoms with Crippen LogP contribution < -0.4 is 5.32 Å². The van der Waals surface area contributed by atoms with Crippen LogP contribution in [-0.2, 0) is 4.74 Å². The van der Waals surface area contributed by atoms with E-state index in [1.807, 2.05) is 13.1 Å². The van der Waals surface area contributed by atoms with Gasteiger partial charge in [-0.1, -0.05) is 23.2 Å². The fourth-order valence-corrected chi connectivity index (χ4v) is 3.31. The SMILES string of the molecule is CNC(C1=CCCCO1)c1cc(Cl)sc1Cl. The van der Waals surface area contributed by atoms with Gasteiger partial charge in [-0.15, -0.1) is 11.3 Å². The topological polar surface area (TPSA) is 21.3 Å². The molecular weight excluding hydrogens is 265 g/mol. The summed E-state index contributed by atoms with van der Waals surface area (Å²) >= 11 is 13.5. The van der Waals surface area contributed by atoms with E-state index in [1.54, 1.807) is 0 Å². The molecule has 1 aromatic rings. The summed E-state index contributed by atoms with van der Waals surface area (Å²) in [6.45, 7) is 0.777. The van der Waals surface area contributed by atoms with Gasteiger partial charge in [-0.3, -0.25) is 0 Å². The molecule has 1 aromatic heterocycles. The second kappa shape index (κ2) is 5.41. The van der Waals surface area contributed by atoms with Gasteiger partial charge in [0, 0.05) is 5.56 Å². The van der Waals surface area contributed by atoms with E-state index in [-0.39, 0.29) is 6.04 Å². The number of nitrogens with one attached hydrogen (secondary N) is 1. The quantitative estimate of drug-likeness (QED) is 0.902. The number of likely N-dealkylation sites (N-methyl/N-ethyl adjacent to an activating group) is 1. The van der Waals surface area contributed by atoms with E-state index >= 15 is 0 Å². The fourth-order valence-electron chi connectivity index (χ4n) is 1.78. The first-order valence-corrected chi connectivity index (χ1v) is 6.74. The third-order valence-electron chi connectivity index (χ3n) is 2.53. The Kier molecular flexibility index (Phi) is 4.14. The van der Waals surface area contributed by atoms with Crippen LogP contribution in [0.4, 0.5) is 0 Å². The standard InChI is InChI=1S/C11H13Cl2NOS/c1-14-10(8-4-2-3-5-15-8)7-6-9(12)16-11(7)13/h4,6,10,14H,2-3,5H2,1H3. The van der Waals surface area contributed by atoms with Gasteiger partial charge in [0.25, 0.3) is 0 Å². The zero-order valence-electron chi connectivity index (χ0n) is 8.93. The van der Waals surface area contributed by atoms with Crippen LogP contribution in [-0.4, -0.2) is 13.7 Å². The van der Waals surface area contributed by atoms with Gasteiger partial charge in [-0.25, -0.2) is 0 Å². The summed E-state index contributed by atoms with van der Waals surface area (Å²) in [5.41, 5.74) is 0.993. The predicted molar refractivity (Wildman–Crippen MR) is 69.4 cm³/mol. The Morgan fingerprint density at radius 2 is 2.31 bits per heavy atom. The molecule has 0 aliphatic carbocycles. The molecule has 0 spiro atoms.